The smallest absolute Gasteiger partial charge is 0.123 e. The molecule has 0 radical (unpaired) electrons. The second-order valence-electron chi connectivity index (χ2n) is 4.91. The van der Waals surface area contributed by atoms with E-state index in [1.165, 1.54) is 18.9 Å². The Morgan fingerprint density at radius 1 is 1.50 bits per heavy atom. The van der Waals surface area contributed by atoms with Crippen LogP contribution in [0, 0.1) is 5.82 Å². The van der Waals surface area contributed by atoms with Crippen molar-refractivity contribution in [2.24, 2.45) is 5.73 Å². The summed E-state index contributed by atoms with van der Waals surface area (Å²) >= 11 is 0. The fraction of sp³-hybridized carbons (Fsp3) is 0.571. The monoisotopic (exact) mass is 252 g/mol. The Labute approximate surface area is 108 Å². The van der Waals surface area contributed by atoms with Crippen molar-refractivity contribution < 1.29 is 9.13 Å². The van der Waals surface area contributed by atoms with Gasteiger partial charge >= 0.3 is 0 Å². The Kier molecular flexibility index (Phi) is 4.19. The number of ether oxygens (including phenoxy) is 1. The van der Waals surface area contributed by atoms with E-state index in [0.29, 0.717) is 12.6 Å². The van der Waals surface area contributed by atoms with E-state index in [9.17, 15) is 4.39 Å². The van der Waals surface area contributed by atoms with Crippen LogP contribution in [0.25, 0.3) is 0 Å². The Morgan fingerprint density at radius 2 is 2.22 bits per heavy atom. The number of anilines is 1. The number of nitrogens with zero attached hydrogens (tertiary/aromatic N) is 1. The van der Waals surface area contributed by atoms with Gasteiger partial charge in [0.05, 0.1) is 6.61 Å². The van der Waals surface area contributed by atoms with Crippen LogP contribution >= 0.6 is 0 Å². The van der Waals surface area contributed by atoms with Crippen LogP contribution in [0.2, 0.25) is 0 Å². The molecule has 1 aromatic rings. The number of methoxy groups -OCH3 is 1. The lowest BCUT2D eigenvalue weighted by Gasteiger charge is -2.28. The number of hydrogen-bond donors (Lipinski definition) is 1. The Balaban J connectivity index is 2.28. The largest absolute Gasteiger partial charge is 0.383 e. The molecule has 2 N–H and O–H groups in total. The van der Waals surface area contributed by atoms with Crippen LogP contribution in [0.1, 0.15) is 31.4 Å². The molecule has 3 nitrogen and oxygen atoms in total. The van der Waals surface area contributed by atoms with Crippen LogP contribution in [-0.4, -0.2) is 26.3 Å². The number of benzene rings is 1. The first-order chi connectivity index (χ1) is 8.63. The second kappa shape index (κ2) is 5.67. The third kappa shape index (κ3) is 3.00. The molecule has 100 valence electrons. The summed E-state index contributed by atoms with van der Waals surface area (Å²) in [5, 5.41) is 0. The van der Waals surface area contributed by atoms with Crippen molar-refractivity contribution in [1.29, 1.82) is 0 Å². The zero-order valence-corrected chi connectivity index (χ0v) is 11.0. The molecule has 0 unspecified atom stereocenters. The predicted octanol–water partition coefficient (Wildman–Crippen LogP) is 2.46. The van der Waals surface area contributed by atoms with Crippen molar-refractivity contribution in [3.63, 3.8) is 0 Å². The van der Waals surface area contributed by atoms with E-state index in [2.05, 4.69) is 4.90 Å². The fourth-order valence-corrected chi connectivity index (χ4v) is 2.23. The maximum absolute atomic E-state index is 13.3. The quantitative estimate of drug-likeness (QED) is 0.845. The van der Waals surface area contributed by atoms with Gasteiger partial charge < -0.3 is 15.4 Å². The van der Waals surface area contributed by atoms with Crippen molar-refractivity contribution in [1.82, 2.24) is 0 Å². The highest BCUT2D eigenvalue weighted by Gasteiger charge is 2.30. The van der Waals surface area contributed by atoms with E-state index in [4.69, 9.17) is 10.5 Å². The summed E-state index contributed by atoms with van der Waals surface area (Å²) in [6.45, 7) is 3.39. The molecule has 1 aliphatic rings. The molecule has 0 spiro atoms. The van der Waals surface area contributed by atoms with E-state index in [-0.39, 0.29) is 11.9 Å². The Morgan fingerprint density at radius 3 is 2.78 bits per heavy atom. The summed E-state index contributed by atoms with van der Waals surface area (Å²) in [5.74, 6) is -0.228. The van der Waals surface area contributed by atoms with Gasteiger partial charge in [-0.05, 0) is 43.5 Å². The lowest BCUT2D eigenvalue weighted by molar-refractivity contribution is 0.205. The summed E-state index contributed by atoms with van der Waals surface area (Å²) in [5.41, 5.74) is 7.87. The summed E-state index contributed by atoms with van der Waals surface area (Å²) < 4.78 is 18.5. The molecule has 0 bridgehead atoms. The molecule has 1 aromatic carbocycles. The van der Waals surface area contributed by atoms with Crippen molar-refractivity contribution in [3.05, 3.63) is 29.6 Å². The normalized spacial score (nSPS) is 16.7. The van der Waals surface area contributed by atoms with Crippen molar-refractivity contribution in [2.45, 2.75) is 31.8 Å². The fourth-order valence-electron chi connectivity index (χ4n) is 2.23. The molecule has 1 fully saturated rings. The molecule has 1 aliphatic carbocycles. The first kappa shape index (κ1) is 13.3. The second-order valence-corrected chi connectivity index (χ2v) is 4.91. The number of halogens is 1. The minimum Gasteiger partial charge on any atom is -0.383 e. The summed E-state index contributed by atoms with van der Waals surface area (Å²) in [6.07, 6.45) is 2.39. The van der Waals surface area contributed by atoms with Gasteiger partial charge in [0.15, 0.2) is 0 Å². The predicted molar refractivity (Wildman–Crippen MR) is 71.2 cm³/mol. The molecule has 2 rings (SSSR count). The maximum atomic E-state index is 13.3. The molecule has 1 atom stereocenters. The highest BCUT2D eigenvalue weighted by molar-refractivity contribution is 5.56. The topological polar surface area (TPSA) is 38.5 Å². The first-order valence-electron chi connectivity index (χ1n) is 6.44. The standard InChI is InChI=1S/C14H21FN2O/c1-10(16)13-9-11(15)3-6-14(13)17(7-8-18-2)12-4-5-12/h3,6,9-10,12H,4-5,7-8,16H2,1-2H3/t10-/m0/s1. The minimum absolute atomic E-state index is 0.167. The summed E-state index contributed by atoms with van der Waals surface area (Å²) in [6, 6.07) is 5.27. The van der Waals surface area contributed by atoms with Gasteiger partial charge in [0, 0.05) is 31.4 Å². The van der Waals surface area contributed by atoms with Gasteiger partial charge in [-0.25, -0.2) is 4.39 Å². The maximum Gasteiger partial charge on any atom is 0.123 e. The lowest BCUT2D eigenvalue weighted by Crippen LogP contribution is -2.31. The zero-order chi connectivity index (χ0) is 13.1. The van der Waals surface area contributed by atoms with Crippen LogP contribution < -0.4 is 10.6 Å². The Bertz CT molecular complexity index is 405. The van der Waals surface area contributed by atoms with Gasteiger partial charge in [0.25, 0.3) is 0 Å². The van der Waals surface area contributed by atoms with Crippen molar-refractivity contribution in [2.75, 3.05) is 25.2 Å². The van der Waals surface area contributed by atoms with Gasteiger partial charge in [-0.15, -0.1) is 0 Å². The average Bonchev–Trinajstić information content (AvgIpc) is 3.15. The van der Waals surface area contributed by atoms with Gasteiger partial charge in [0.2, 0.25) is 0 Å². The molecule has 18 heavy (non-hydrogen) atoms. The van der Waals surface area contributed by atoms with Gasteiger partial charge in [0.1, 0.15) is 5.82 Å². The molecule has 0 amide bonds. The minimum atomic E-state index is -0.228. The van der Waals surface area contributed by atoms with E-state index in [1.54, 1.807) is 13.2 Å². The zero-order valence-electron chi connectivity index (χ0n) is 11.0. The number of nitrogens with two attached hydrogens (primary N) is 1. The highest BCUT2D eigenvalue weighted by Crippen LogP contribution is 2.35. The first-order valence-corrected chi connectivity index (χ1v) is 6.44. The Hall–Kier alpha value is -1.13. The van der Waals surface area contributed by atoms with Crippen LogP contribution in [0.15, 0.2) is 18.2 Å². The molecule has 0 aliphatic heterocycles. The third-order valence-electron chi connectivity index (χ3n) is 3.31. The summed E-state index contributed by atoms with van der Waals surface area (Å²) in [7, 11) is 1.70. The van der Waals surface area contributed by atoms with Crippen molar-refractivity contribution >= 4 is 5.69 Å². The van der Waals surface area contributed by atoms with E-state index in [1.807, 2.05) is 13.0 Å². The average molecular weight is 252 g/mol. The molecular weight excluding hydrogens is 231 g/mol. The molecule has 4 heteroatoms. The van der Waals surface area contributed by atoms with Crippen LogP contribution in [-0.2, 0) is 4.74 Å². The highest BCUT2D eigenvalue weighted by atomic mass is 19.1. The number of hydrogen-bond acceptors (Lipinski definition) is 3. The van der Waals surface area contributed by atoms with Crippen LogP contribution in [0.5, 0.6) is 0 Å². The molecule has 0 saturated heterocycles. The molecule has 0 aromatic heterocycles. The molecular formula is C14H21FN2O. The SMILES string of the molecule is COCCN(c1ccc(F)cc1[C@H](C)N)C1CC1. The van der Waals surface area contributed by atoms with Crippen LogP contribution in [0.4, 0.5) is 10.1 Å². The third-order valence-corrected chi connectivity index (χ3v) is 3.31. The van der Waals surface area contributed by atoms with E-state index in [0.717, 1.165) is 17.8 Å². The van der Waals surface area contributed by atoms with Gasteiger partial charge in [-0.2, -0.15) is 0 Å². The van der Waals surface area contributed by atoms with E-state index < -0.39 is 0 Å². The molecule has 1 saturated carbocycles. The lowest BCUT2D eigenvalue weighted by atomic mass is 10.1. The number of rotatable bonds is 6. The van der Waals surface area contributed by atoms with Gasteiger partial charge in [-0.3, -0.25) is 0 Å². The van der Waals surface area contributed by atoms with E-state index >= 15 is 0 Å². The van der Waals surface area contributed by atoms with Crippen molar-refractivity contribution in [3.8, 4) is 0 Å². The van der Waals surface area contributed by atoms with Gasteiger partial charge in [-0.1, -0.05) is 0 Å². The summed E-state index contributed by atoms with van der Waals surface area (Å²) in [4.78, 5) is 2.29. The molecule has 0 heterocycles. The van der Waals surface area contributed by atoms with Crippen LogP contribution in [0.3, 0.4) is 0 Å².